The molecular weight excluding hydrogens is 340 g/mol. The summed E-state index contributed by atoms with van der Waals surface area (Å²) in [6.45, 7) is 3.73. The van der Waals surface area contributed by atoms with Gasteiger partial charge in [-0.25, -0.2) is 4.98 Å². The van der Waals surface area contributed by atoms with Gasteiger partial charge in [-0.2, -0.15) is 0 Å². The molecule has 0 saturated carbocycles. The van der Waals surface area contributed by atoms with E-state index >= 15 is 0 Å². The molecule has 1 amide bonds. The molecule has 20 heavy (non-hydrogen) atoms. The number of anilines is 1. The van der Waals surface area contributed by atoms with E-state index in [9.17, 15) is 4.79 Å². The molecule has 1 aromatic heterocycles. The number of rotatable bonds is 4. The van der Waals surface area contributed by atoms with Crippen LogP contribution in [0.5, 0.6) is 5.75 Å². The van der Waals surface area contributed by atoms with Crippen LogP contribution in [0.4, 0.5) is 5.13 Å². The highest BCUT2D eigenvalue weighted by Gasteiger charge is 2.22. The van der Waals surface area contributed by atoms with Crippen LogP contribution in [0.25, 0.3) is 0 Å². The lowest BCUT2D eigenvalue weighted by molar-refractivity contribution is -0.124. The van der Waals surface area contributed by atoms with E-state index in [4.69, 9.17) is 4.74 Å². The molecule has 0 aliphatic heterocycles. The molecule has 0 spiro atoms. The van der Waals surface area contributed by atoms with Gasteiger partial charge in [-0.15, -0.1) is 11.3 Å². The number of halogens is 1. The van der Waals surface area contributed by atoms with Gasteiger partial charge in [-0.1, -0.05) is 6.07 Å². The lowest BCUT2D eigenvalue weighted by Gasteiger charge is -2.20. The number of ether oxygens (including phenoxy) is 1. The third kappa shape index (κ3) is 3.37. The number of likely N-dealkylation sites (N-methyl/N-ethyl adjacent to an activating group) is 1. The summed E-state index contributed by atoms with van der Waals surface area (Å²) in [7, 11) is 1.70. The molecule has 2 aromatic rings. The van der Waals surface area contributed by atoms with Gasteiger partial charge < -0.3 is 4.74 Å². The largest absolute Gasteiger partial charge is 0.480 e. The minimum atomic E-state index is -0.581. The molecule has 0 N–H and O–H groups in total. The van der Waals surface area contributed by atoms with Gasteiger partial charge in [0.05, 0.1) is 4.47 Å². The molecule has 0 aliphatic rings. The summed E-state index contributed by atoms with van der Waals surface area (Å²) >= 11 is 4.86. The summed E-state index contributed by atoms with van der Waals surface area (Å²) in [5.74, 6) is 0.524. The van der Waals surface area contributed by atoms with Crippen LogP contribution in [0.2, 0.25) is 0 Å². The van der Waals surface area contributed by atoms with Crippen molar-refractivity contribution in [1.29, 1.82) is 0 Å². The maximum absolute atomic E-state index is 12.3. The van der Waals surface area contributed by atoms with Crippen molar-refractivity contribution in [2.45, 2.75) is 20.0 Å². The Morgan fingerprint density at radius 3 is 2.85 bits per heavy atom. The Morgan fingerprint density at radius 1 is 1.50 bits per heavy atom. The normalized spacial score (nSPS) is 12.0. The first-order valence-electron chi connectivity index (χ1n) is 6.09. The zero-order valence-electron chi connectivity index (χ0n) is 11.5. The number of amides is 1. The summed E-state index contributed by atoms with van der Waals surface area (Å²) < 4.78 is 6.56. The smallest absolute Gasteiger partial charge is 0.269 e. The minimum Gasteiger partial charge on any atom is -0.480 e. The van der Waals surface area contributed by atoms with Crippen molar-refractivity contribution in [3.8, 4) is 5.75 Å². The predicted octanol–water partition coefficient (Wildman–Crippen LogP) is 3.64. The van der Waals surface area contributed by atoms with E-state index in [0.29, 0.717) is 10.9 Å². The number of carbonyl (C=O) groups is 1. The molecule has 1 aromatic carbocycles. The molecule has 0 saturated heterocycles. The fourth-order valence-corrected chi connectivity index (χ4v) is 2.89. The molecule has 1 atom stereocenters. The van der Waals surface area contributed by atoms with Gasteiger partial charge in [0, 0.05) is 18.6 Å². The van der Waals surface area contributed by atoms with Crippen molar-refractivity contribution < 1.29 is 9.53 Å². The molecule has 106 valence electrons. The van der Waals surface area contributed by atoms with Crippen molar-refractivity contribution in [3.05, 3.63) is 39.8 Å². The molecule has 4 nitrogen and oxygen atoms in total. The van der Waals surface area contributed by atoms with E-state index in [2.05, 4.69) is 20.9 Å². The first kappa shape index (κ1) is 15.0. The minimum absolute atomic E-state index is 0.132. The van der Waals surface area contributed by atoms with Crippen LogP contribution in [-0.2, 0) is 4.79 Å². The maximum Gasteiger partial charge on any atom is 0.269 e. The lowest BCUT2D eigenvalue weighted by Crippen LogP contribution is -2.38. The number of hydrogen-bond acceptors (Lipinski definition) is 4. The standard InChI is InChI=1S/C14H15BrN2O2S/c1-9-4-5-12(11(15)8-9)19-10(2)13(18)17(3)14-16-6-7-20-14/h4-8,10H,1-3H3. The average molecular weight is 355 g/mol. The van der Waals surface area contributed by atoms with Crippen LogP contribution in [0.15, 0.2) is 34.2 Å². The van der Waals surface area contributed by atoms with Crippen LogP contribution in [0.1, 0.15) is 12.5 Å². The summed E-state index contributed by atoms with van der Waals surface area (Å²) in [5, 5.41) is 2.50. The molecule has 1 unspecified atom stereocenters. The fraction of sp³-hybridized carbons (Fsp3) is 0.286. The van der Waals surface area contributed by atoms with Crippen molar-refractivity contribution in [1.82, 2.24) is 4.98 Å². The molecule has 0 aliphatic carbocycles. The maximum atomic E-state index is 12.3. The Hall–Kier alpha value is -1.40. The molecule has 0 fully saturated rings. The van der Waals surface area contributed by atoms with Crippen LogP contribution < -0.4 is 9.64 Å². The highest BCUT2D eigenvalue weighted by molar-refractivity contribution is 9.10. The van der Waals surface area contributed by atoms with Crippen molar-refractivity contribution in [3.63, 3.8) is 0 Å². The van der Waals surface area contributed by atoms with E-state index < -0.39 is 6.10 Å². The molecule has 0 radical (unpaired) electrons. The van der Waals surface area contributed by atoms with E-state index in [1.165, 1.54) is 16.2 Å². The Morgan fingerprint density at radius 2 is 2.25 bits per heavy atom. The Kier molecular flexibility index (Phi) is 4.77. The number of nitrogens with zero attached hydrogens (tertiary/aromatic N) is 2. The Balaban J connectivity index is 2.07. The predicted molar refractivity (Wildman–Crippen MR) is 84.5 cm³/mol. The second-order valence-electron chi connectivity index (χ2n) is 4.41. The first-order chi connectivity index (χ1) is 9.49. The second kappa shape index (κ2) is 6.37. The Bertz CT molecular complexity index is 601. The van der Waals surface area contributed by atoms with Crippen molar-refractivity contribution >= 4 is 38.3 Å². The zero-order chi connectivity index (χ0) is 14.7. The first-order valence-corrected chi connectivity index (χ1v) is 7.76. The van der Waals surface area contributed by atoms with Gasteiger partial charge in [0.15, 0.2) is 11.2 Å². The molecule has 6 heteroatoms. The highest BCUT2D eigenvalue weighted by atomic mass is 79.9. The summed E-state index contributed by atoms with van der Waals surface area (Å²) in [4.78, 5) is 17.9. The van der Waals surface area contributed by atoms with Gasteiger partial charge in [0.2, 0.25) is 0 Å². The van der Waals surface area contributed by atoms with Gasteiger partial charge in [-0.05, 0) is 47.5 Å². The third-order valence-corrected chi connectivity index (χ3v) is 4.24. The number of benzene rings is 1. The number of aryl methyl sites for hydroxylation is 1. The Labute approximate surface area is 130 Å². The summed E-state index contributed by atoms with van der Waals surface area (Å²) in [5.41, 5.74) is 1.13. The van der Waals surface area contributed by atoms with Crippen LogP contribution in [0.3, 0.4) is 0 Å². The molecule has 0 bridgehead atoms. The van der Waals surface area contributed by atoms with Crippen LogP contribution in [-0.4, -0.2) is 24.0 Å². The molecular formula is C14H15BrN2O2S. The molecule has 1 heterocycles. The van der Waals surface area contributed by atoms with Crippen LogP contribution in [0, 0.1) is 6.92 Å². The lowest BCUT2D eigenvalue weighted by atomic mass is 10.2. The highest BCUT2D eigenvalue weighted by Crippen LogP contribution is 2.27. The average Bonchev–Trinajstić information content (AvgIpc) is 2.94. The summed E-state index contributed by atoms with van der Waals surface area (Å²) in [6.07, 6.45) is 1.09. The zero-order valence-corrected chi connectivity index (χ0v) is 13.9. The summed E-state index contributed by atoms with van der Waals surface area (Å²) in [6, 6.07) is 5.76. The van der Waals surface area contributed by atoms with E-state index in [1.807, 2.05) is 30.5 Å². The van der Waals surface area contributed by atoms with Gasteiger partial charge in [0.25, 0.3) is 5.91 Å². The topological polar surface area (TPSA) is 42.4 Å². The number of aromatic nitrogens is 1. The monoisotopic (exact) mass is 354 g/mol. The number of carbonyl (C=O) groups excluding carboxylic acids is 1. The number of hydrogen-bond donors (Lipinski definition) is 0. The van der Waals surface area contributed by atoms with E-state index in [0.717, 1.165) is 10.0 Å². The van der Waals surface area contributed by atoms with E-state index in [-0.39, 0.29) is 5.91 Å². The third-order valence-electron chi connectivity index (χ3n) is 2.78. The van der Waals surface area contributed by atoms with E-state index in [1.54, 1.807) is 20.2 Å². The quantitative estimate of drug-likeness (QED) is 0.841. The second-order valence-corrected chi connectivity index (χ2v) is 6.13. The molecule has 2 rings (SSSR count). The number of thiazole rings is 1. The van der Waals surface area contributed by atoms with Crippen molar-refractivity contribution in [2.24, 2.45) is 0 Å². The fourth-order valence-electron chi connectivity index (χ4n) is 1.69. The van der Waals surface area contributed by atoms with Crippen molar-refractivity contribution in [2.75, 3.05) is 11.9 Å². The SMILES string of the molecule is Cc1ccc(OC(C)C(=O)N(C)c2nccs2)c(Br)c1. The van der Waals surface area contributed by atoms with Gasteiger partial charge in [0.1, 0.15) is 5.75 Å². The van der Waals surface area contributed by atoms with Gasteiger partial charge >= 0.3 is 0 Å². The van der Waals surface area contributed by atoms with Crippen LogP contribution >= 0.6 is 27.3 Å². The van der Waals surface area contributed by atoms with Gasteiger partial charge in [-0.3, -0.25) is 9.69 Å².